The lowest BCUT2D eigenvalue weighted by Gasteiger charge is -2.36. The van der Waals surface area contributed by atoms with Crippen molar-refractivity contribution >= 4 is 28.8 Å². The molecule has 0 atom stereocenters. The molecule has 0 bridgehead atoms. The van der Waals surface area contributed by atoms with E-state index < -0.39 is 0 Å². The molecule has 2 aromatic heterocycles. The van der Waals surface area contributed by atoms with E-state index in [1.54, 1.807) is 6.33 Å². The minimum Gasteiger partial charge on any atom is -0.492 e. The number of ether oxygens (including phenoxy) is 1. The number of piperazine rings is 1. The number of pyridine rings is 1. The number of nitrogens with zero attached hydrogens (tertiary/aromatic N) is 5. The fourth-order valence-corrected chi connectivity index (χ4v) is 3.40. The van der Waals surface area contributed by atoms with Crippen molar-refractivity contribution < 1.29 is 4.74 Å². The van der Waals surface area contributed by atoms with Gasteiger partial charge in [0.15, 0.2) is 11.6 Å². The SMILES string of the molecule is CCOc1ccccc1Nc1ncnc(N2CCN(c3ccccn3)CC2)c1N. The van der Waals surface area contributed by atoms with Gasteiger partial charge in [-0.2, -0.15) is 0 Å². The number of benzene rings is 1. The molecule has 4 rings (SSSR count). The number of hydrogen-bond acceptors (Lipinski definition) is 8. The summed E-state index contributed by atoms with van der Waals surface area (Å²) >= 11 is 0. The van der Waals surface area contributed by atoms with Crippen molar-refractivity contribution in [1.82, 2.24) is 15.0 Å². The van der Waals surface area contributed by atoms with Gasteiger partial charge >= 0.3 is 0 Å². The van der Waals surface area contributed by atoms with Crippen molar-refractivity contribution in [2.24, 2.45) is 0 Å². The van der Waals surface area contributed by atoms with Gasteiger partial charge in [0.05, 0.1) is 12.3 Å². The summed E-state index contributed by atoms with van der Waals surface area (Å²) in [5.74, 6) is 3.09. The van der Waals surface area contributed by atoms with Crippen molar-refractivity contribution in [2.75, 3.05) is 53.6 Å². The number of rotatable bonds is 6. The standard InChI is InChI=1S/C21H25N7O/c1-2-29-17-8-4-3-7-16(17)26-20-19(22)21(25-15-24-20)28-13-11-27(12-14-28)18-9-5-6-10-23-18/h3-10,15H,2,11-14,22H2,1H3,(H,24,25,26). The van der Waals surface area contributed by atoms with Crippen molar-refractivity contribution in [2.45, 2.75) is 6.92 Å². The molecule has 1 aromatic carbocycles. The van der Waals surface area contributed by atoms with Crippen molar-refractivity contribution in [3.05, 3.63) is 55.0 Å². The van der Waals surface area contributed by atoms with Gasteiger partial charge in [0.1, 0.15) is 23.6 Å². The third kappa shape index (κ3) is 4.16. The van der Waals surface area contributed by atoms with Gasteiger partial charge in [-0.15, -0.1) is 0 Å². The minimum absolute atomic E-state index is 0.532. The van der Waals surface area contributed by atoms with Gasteiger partial charge in [0, 0.05) is 32.4 Å². The van der Waals surface area contributed by atoms with Crippen LogP contribution in [0.2, 0.25) is 0 Å². The van der Waals surface area contributed by atoms with Crippen molar-refractivity contribution in [3.8, 4) is 5.75 Å². The Hall–Kier alpha value is -3.55. The largest absolute Gasteiger partial charge is 0.492 e. The van der Waals surface area contributed by atoms with Gasteiger partial charge in [-0.25, -0.2) is 15.0 Å². The van der Waals surface area contributed by atoms with Crippen molar-refractivity contribution in [1.29, 1.82) is 0 Å². The maximum absolute atomic E-state index is 6.44. The highest BCUT2D eigenvalue weighted by Crippen LogP contribution is 2.32. The third-order valence-electron chi connectivity index (χ3n) is 4.86. The number of nitrogen functional groups attached to an aromatic ring is 1. The average molecular weight is 391 g/mol. The summed E-state index contributed by atoms with van der Waals surface area (Å²) in [5, 5.41) is 3.29. The Kier molecular flexibility index (Phi) is 5.60. The summed E-state index contributed by atoms with van der Waals surface area (Å²) in [6.07, 6.45) is 3.37. The molecule has 0 amide bonds. The quantitative estimate of drug-likeness (QED) is 0.663. The molecule has 0 radical (unpaired) electrons. The molecular weight excluding hydrogens is 366 g/mol. The maximum atomic E-state index is 6.44. The van der Waals surface area contributed by atoms with E-state index in [9.17, 15) is 0 Å². The molecule has 1 aliphatic rings. The molecule has 8 heteroatoms. The van der Waals surface area contributed by atoms with E-state index >= 15 is 0 Å². The van der Waals surface area contributed by atoms with Gasteiger partial charge < -0.3 is 25.6 Å². The summed E-state index contributed by atoms with van der Waals surface area (Å²) in [5.41, 5.74) is 7.79. The molecular formula is C21H25N7O. The summed E-state index contributed by atoms with van der Waals surface area (Å²) in [6.45, 7) is 5.88. The predicted octanol–water partition coefficient (Wildman–Crippen LogP) is 2.92. The summed E-state index contributed by atoms with van der Waals surface area (Å²) < 4.78 is 5.68. The van der Waals surface area contributed by atoms with E-state index in [4.69, 9.17) is 10.5 Å². The smallest absolute Gasteiger partial charge is 0.159 e. The zero-order chi connectivity index (χ0) is 20.1. The Morgan fingerprint density at radius 2 is 1.72 bits per heavy atom. The molecule has 3 aromatic rings. The maximum Gasteiger partial charge on any atom is 0.159 e. The summed E-state index contributed by atoms with van der Waals surface area (Å²) in [7, 11) is 0. The molecule has 3 heterocycles. The van der Waals surface area contributed by atoms with Crippen molar-refractivity contribution in [3.63, 3.8) is 0 Å². The molecule has 0 unspecified atom stereocenters. The van der Waals surface area contributed by atoms with E-state index in [2.05, 4.69) is 30.1 Å². The molecule has 29 heavy (non-hydrogen) atoms. The first-order valence-electron chi connectivity index (χ1n) is 9.76. The van der Waals surface area contributed by atoms with Crippen LogP contribution in [0.3, 0.4) is 0 Å². The number of nitrogens with two attached hydrogens (primary N) is 1. The van der Waals surface area contributed by atoms with Crippen LogP contribution in [0.4, 0.5) is 28.8 Å². The first-order chi connectivity index (χ1) is 14.3. The Bertz CT molecular complexity index is 943. The monoisotopic (exact) mass is 391 g/mol. The van der Waals surface area contributed by atoms with Crippen LogP contribution in [-0.4, -0.2) is 47.7 Å². The zero-order valence-corrected chi connectivity index (χ0v) is 16.5. The summed E-state index contributed by atoms with van der Waals surface area (Å²) in [6, 6.07) is 13.7. The molecule has 0 saturated carbocycles. The first-order valence-corrected chi connectivity index (χ1v) is 9.76. The average Bonchev–Trinajstić information content (AvgIpc) is 2.77. The highest BCUT2D eigenvalue weighted by Gasteiger charge is 2.22. The van der Waals surface area contributed by atoms with E-state index in [0.29, 0.717) is 18.1 Å². The second kappa shape index (κ2) is 8.64. The fourth-order valence-electron chi connectivity index (χ4n) is 3.40. The highest BCUT2D eigenvalue weighted by molar-refractivity contribution is 5.79. The van der Waals surface area contributed by atoms with E-state index in [0.717, 1.165) is 49.3 Å². The number of para-hydroxylation sites is 2. The Balaban J connectivity index is 1.49. The predicted molar refractivity (Wildman–Crippen MR) is 116 cm³/mol. The lowest BCUT2D eigenvalue weighted by Crippen LogP contribution is -2.47. The second-order valence-corrected chi connectivity index (χ2v) is 6.68. The number of aromatic nitrogens is 3. The van der Waals surface area contributed by atoms with Crippen LogP contribution in [0.15, 0.2) is 55.0 Å². The lowest BCUT2D eigenvalue weighted by atomic mass is 10.2. The molecule has 1 fully saturated rings. The zero-order valence-electron chi connectivity index (χ0n) is 16.5. The lowest BCUT2D eigenvalue weighted by molar-refractivity contribution is 0.342. The number of anilines is 5. The van der Waals surface area contributed by atoms with Crippen LogP contribution < -0.4 is 25.6 Å². The van der Waals surface area contributed by atoms with Crippen LogP contribution >= 0.6 is 0 Å². The highest BCUT2D eigenvalue weighted by atomic mass is 16.5. The molecule has 8 nitrogen and oxygen atoms in total. The Morgan fingerprint density at radius 3 is 2.48 bits per heavy atom. The van der Waals surface area contributed by atoms with E-state index in [1.807, 2.05) is 55.6 Å². The summed E-state index contributed by atoms with van der Waals surface area (Å²) in [4.78, 5) is 17.7. The molecule has 0 spiro atoms. The van der Waals surface area contributed by atoms with E-state index in [1.165, 1.54) is 0 Å². The van der Waals surface area contributed by atoms with Gasteiger partial charge in [0.25, 0.3) is 0 Å². The minimum atomic E-state index is 0.532. The van der Waals surface area contributed by atoms with Gasteiger partial charge in [-0.1, -0.05) is 18.2 Å². The third-order valence-corrected chi connectivity index (χ3v) is 4.86. The van der Waals surface area contributed by atoms with Crippen LogP contribution in [0, 0.1) is 0 Å². The normalized spacial score (nSPS) is 14.0. The Labute approximate surface area is 170 Å². The fraction of sp³-hybridized carbons (Fsp3) is 0.286. The molecule has 150 valence electrons. The van der Waals surface area contributed by atoms with Gasteiger partial charge in [0.2, 0.25) is 0 Å². The van der Waals surface area contributed by atoms with Crippen LogP contribution in [-0.2, 0) is 0 Å². The van der Waals surface area contributed by atoms with Crippen LogP contribution in [0.1, 0.15) is 6.92 Å². The second-order valence-electron chi connectivity index (χ2n) is 6.68. The molecule has 1 aliphatic heterocycles. The Morgan fingerprint density at radius 1 is 0.966 bits per heavy atom. The van der Waals surface area contributed by atoms with E-state index in [-0.39, 0.29) is 0 Å². The van der Waals surface area contributed by atoms with Crippen LogP contribution in [0.25, 0.3) is 0 Å². The molecule has 0 aliphatic carbocycles. The topological polar surface area (TPSA) is 92.4 Å². The molecule has 1 saturated heterocycles. The van der Waals surface area contributed by atoms with Gasteiger partial charge in [-0.3, -0.25) is 0 Å². The molecule has 3 N–H and O–H groups in total. The number of hydrogen-bond donors (Lipinski definition) is 2. The number of nitrogens with one attached hydrogen (secondary N) is 1. The van der Waals surface area contributed by atoms with Crippen LogP contribution in [0.5, 0.6) is 5.75 Å². The first kappa shape index (κ1) is 18.8. The van der Waals surface area contributed by atoms with Gasteiger partial charge in [-0.05, 0) is 31.2 Å².